The summed E-state index contributed by atoms with van der Waals surface area (Å²) in [6.07, 6.45) is 0.918. The molecule has 1 aliphatic rings. The van der Waals surface area contributed by atoms with E-state index in [0.29, 0.717) is 34.9 Å². The Bertz CT molecular complexity index is 3020. The minimum atomic E-state index is 0.647. The average Bonchev–Trinajstić information content (AvgIpc) is 3.72. The lowest BCUT2D eigenvalue weighted by Gasteiger charge is -2.11. The van der Waals surface area contributed by atoms with Crippen molar-refractivity contribution in [3.63, 3.8) is 0 Å². The molecule has 0 spiro atoms. The largest absolute Gasteiger partial charge is 0.208 e. The van der Waals surface area contributed by atoms with Gasteiger partial charge in [-0.15, -0.1) is 0 Å². The van der Waals surface area contributed by atoms with E-state index in [0.717, 1.165) is 50.9 Å². The van der Waals surface area contributed by atoms with Crippen LogP contribution in [0.2, 0.25) is 0 Å². The SMILES string of the molecule is Cc1ccc(-c2nc(-c3ccc(C)cc3)nc(-c3ccc(-c4ccc5c(c4)-c4cc(-c6ccc(-c7nc(-c8ccc(C)cc8)nc(-c8ccc(C)cc8)n7)cc6)ccc4C5)cc3)n2)cc1. The van der Waals surface area contributed by atoms with Gasteiger partial charge in [0.2, 0.25) is 0 Å². The maximum Gasteiger partial charge on any atom is 0.164 e. The lowest BCUT2D eigenvalue weighted by molar-refractivity contribution is 1.07. The van der Waals surface area contributed by atoms with E-state index in [2.05, 4.69) is 210 Å². The second kappa shape index (κ2) is 16.5. The quantitative estimate of drug-likeness (QED) is 0.152. The van der Waals surface area contributed by atoms with Crippen LogP contribution in [0.15, 0.2) is 182 Å². The Hall–Kier alpha value is -8.22. The van der Waals surface area contributed by atoms with Gasteiger partial charge < -0.3 is 0 Å². The maximum atomic E-state index is 4.98. The molecule has 8 aromatic carbocycles. The predicted octanol–water partition coefficient (Wildman–Crippen LogP) is 14.2. The zero-order valence-corrected chi connectivity index (χ0v) is 36.7. The van der Waals surface area contributed by atoms with E-state index in [4.69, 9.17) is 29.9 Å². The zero-order chi connectivity index (χ0) is 44.0. The number of rotatable bonds is 8. The van der Waals surface area contributed by atoms with Gasteiger partial charge in [0.15, 0.2) is 34.9 Å². The molecule has 2 heterocycles. The van der Waals surface area contributed by atoms with Gasteiger partial charge in [0, 0.05) is 33.4 Å². The number of aromatic nitrogens is 6. The van der Waals surface area contributed by atoms with Crippen molar-refractivity contribution in [3.05, 3.63) is 215 Å². The molecule has 0 saturated heterocycles. The number of nitrogens with zero attached hydrogens (tertiary/aromatic N) is 6. The highest BCUT2D eigenvalue weighted by Crippen LogP contribution is 2.41. The van der Waals surface area contributed by atoms with Gasteiger partial charge in [-0.1, -0.05) is 192 Å². The minimum absolute atomic E-state index is 0.647. The highest BCUT2D eigenvalue weighted by atomic mass is 15.0. The van der Waals surface area contributed by atoms with Crippen molar-refractivity contribution in [2.24, 2.45) is 0 Å². The van der Waals surface area contributed by atoms with Gasteiger partial charge in [0.05, 0.1) is 0 Å². The average molecular weight is 837 g/mol. The first-order valence-electron chi connectivity index (χ1n) is 22.0. The summed E-state index contributed by atoms with van der Waals surface area (Å²) < 4.78 is 0. The van der Waals surface area contributed by atoms with Crippen LogP contribution in [0, 0.1) is 27.7 Å². The zero-order valence-electron chi connectivity index (χ0n) is 36.7. The van der Waals surface area contributed by atoms with Gasteiger partial charge in [0.25, 0.3) is 0 Å². The molecule has 0 radical (unpaired) electrons. The molecule has 310 valence electrons. The van der Waals surface area contributed by atoms with Crippen LogP contribution in [-0.4, -0.2) is 29.9 Å². The summed E-state index contributed by atoms with van der Waals surface area (Å²) >= 11 is 0. The summed E-state index contributed by atoms with van der Waals surface area (Å²) in [4.78, 5) is 29.7. The third-order valence-corrected chi connectivity index (χ3v) is 12.4. The number of benzene rings is 8. The predicted molar refractivity (Wildman–Crippen MR) is 264 cm³/mol. The molecule has 6 heteroatoms. The monoisotopic (exact) mass is 836 g/mol. The topological polar surface area (TPSA) is 77.3 Å². The maximum absolute atomic E-state index is 4.98. The third-order valence-electron chi connectivity index (χ3n) is 12.4. The fourth-order valence-corrected chi connectivity index (χ4v) is 8.49. The van der Waals surface area contributed by atoms with Gasteiger partial charge in [-0.25, -0.2) is 29.9 Å². The second-order valence-electron chi connectivity index (χ2n) is 17.2. The van der Waals surface area contributed by atoms with Gasteiger partial charge >= 0.3 is 0 Å². The van der Waals surface area contributed by atoms with E-state index < -0.39 is 0 Å². The Morgan fingerprint density at radius 3 is 0.677 bits per heavy atom. The van der Waals surface area contributed by atoms with E-state index in [9.17, 15) is 0 Å². The van der Waals surface area contributed by atoms with Crippen LogP contribution < -0.4 is 0 Å². The van der Waals surface area contributed by atoms with Gasteiger partial charge in [-0.2, -0.15) is 0 Å². The smallest absolute Gasteiger partial charge is 0.164 e. The summed E-state index contributed by atoms with van der Waals surface area (Å²) in [5.41, 5.74) is 20.3. The number of hydrogen-bond donors (Lipinski definition) is 0. The lowest BCUT2D eigenvalue weighted by Crippen LogP contribution is -2.00. The van der Waals surface area contributed by atoms with Crippen molar-refractivity contribution >= 4 is 0 Å². The van der Waals surface area contributed by atoms with Crippen LogP contribution >= 0.6 is 0 Å². The fraction of sp³-hybridized carbons (Fsp3) is 0.0847. The minimum Gasteiger partial charge on any atom is -0.208 e. The normalized spacial score (nSPS) is 11.6. The molecule has 0 unspecified atom stereocenters. The molecule has 0 aliphatic heterocycles. The summed E-state index contributed by atoms with van der Waals surface area (Å²) in [6, 6.07) is 64.2. The molecule has 0 bridgehead atoms. The molecule has 0 amide bonds. The first-order chi connectivity index (χ1) is 31.8. The van der Waals surface area contributed by atoms with E-state index in [1.54, 1.807) is 0 Å². The van der Waals surface area contributed by atoms with Crippen LogP contribution in [0.4, 0.5) is 0 Å². The molecule has 10 aromatic rings. The molecular formula is C59H44N6. The first kappa shape index (κ1) is 39.6. The third kappa shape index (κ3) is 8.03. The first-order valence-corrected chi connectivity index (χ1v) is 22.0. The van der Waals surface area contributed by atoms with Crippen molar-refractivity contribution < 1.29 is 0 Å². The van der Waals surface area contributed by atoms with Crippen molar-refractivity contribution in [2.75, 3.05) is 0 Å². The molecule has 0 fully saturated rings. The van der Waals surface area contributed by atoms with E-state index >= 15 is 0 Å². The summed E-state index contributed by atoms with van der Waals surface area (Å²) in [6.45, 7) is 8.34. The summed E-state index contributed by atoms with van der Waals surface area (Å²) in [5.74, 6) is 3.92. The number of fused-ring (bicyclic) bond motifs is 3. The van der Waals surface area contributed by atoms with Gasteiger partial charge in [-0.3, -0.25) is 0 Å². The Morgan fingerprint density at radius 1 is 0.231 bits per heavy atom. The fourth-order valence-electron chi connectivity index (χ4n) is 8.49. The molecule has 0 N–H and O–H groups in total. The molecule has 2 aromatic heterocycles. The Kier molecular flexibility index (Phi) is 10.0. The van der Waals surface area contributed by atoms with Crippen LogP contribution in [0.25, 0.3) is 102 Å². The molecule has 6 nitrogen and oxygen atoms in total. The van der Waals surface area contributed by atoms with Gasteiger partial charge in [-0.05, 0) is 90.8 Å². The highest BCUT2D eigenvalue weighted by molar-refractivity contribution is 5.85. The van der Waals surface area contributed by atoms with Gasteiger partial charge in [0.1, 0.15) is 0 Å². The molecule has 11 rings (SSSR count). The van der Waals surface area contributed by atoms with Crippen molar-refractivity contribution in [1.82, 2.24) is 29.9 Å². The lowest BCUT2D eigenvalue weighted by atomic mass is 9.95. The van der Waals surface area contributed by atoms with E-state index in [-0.39, 0.29) is 0 Å². The van der Waals surface area contributed by atoms with Crippen LogP contribution in [0.5, 0.6) is 0 Å². The molecule has 65 heavy (non-hydrogen) atoms. The number of aryl methyl sites for hydroxylation is 4. The standard InChI is InChI=1S/C59H44N6/c1-36-5-13-42(14-6-36)54-60-55(43-15-7-37(2)8-16-43)63-58(62-54)46-25-21-40(22-26-46)48-29-31-50-33-51-32-30-49(35-53(51)52(50)34-48)41-23-27-47(28-24-41)59-64-56(44-17-9-38(3)10-18-44)61-57(65-59)45-19-11-39(4)12-20-45/h5-32,34-35H,33H2,1-4H3. The van der Waals surface area contributed by atoms with E-state index in [1.165, 1.54) is 55.6 Å². The Labute approximate surface area is 379 Å². The van der Waals surface area contributed by atoms with Crippen molar-refractivity contribution in [3.8, 4) is 102 Å². The van der Waals surface area contributed by atoms with Crippen LogP contribution in [0.3, 0.4) is 0 Å². The summed E-state index contributed by atoms with van der Waals surface area (Å²) in [7, 11) is 0. The highest BCUT2D eigenvalue weighted by Gasteiger charge is 2.21. The van der Waals surface area contributed by atoms with Crippen molar-refractivity contribution in [1.29, 1.82) is 0 Å². The second-order valence-corrected chi connectivity index (χ2v) is 17.2. The molecule has 0 saturated carbocycles. The van der Waals surface area contributed by atoms with E-state index in [1.807, 2.05) is 0 Å². The Morgan fingerprint density at radius 2 is 0.431 bits per heavy atom. The molecular weight excluding hydrogens is 793 g/mol. The molecule has 1 aliphatic carbocycles. The Balaban J connectivity index is 0.881. The number of hydrogen-bond acceptors (Lipinski definition) is 6. The van der Waals surface area contributed by atoms with Crippen molar-refractivity contribution in [2.45, 2.75) is 34.1 Å². The molecule has 0 atom stereocenters. The summed E-state index contributed by atoms with van der Waals surface area (Å²) in [5, 5.41) is 0. The van der Waals surface area contributed by atoms with Crippen LogP contribution in [-0.2, 0) is 6.42 Å². The van der Waals surface area contributed by atoms with Crippen LogP contribution in [0.1, 0.15) is 33.4 Å².